The van der Waals surface area contributed by atoms with Gasteiger partial charge in [0.05, 0.1) is 13.4 Å². The lowest BCUT2D eigenvalue weighted by atomic mass is 10.1. The van der Waals surface area contributed by atoms with E-state index in [9.17, 15) is 8.42 Å². The number of hydrogen-bond acceptors (Lipinski definition) is 4. The summed E-state index contributed by atoms with van der Waals surface area (Å²) in [6.45, 7) is 4.88. The molecule has 1 rings (SSSR count). The zero-order valence-electron chi connectivity index (χ0n) is 11.9. The molecule has 0 heterocycles. The quantitative estimate of drug-likeness (QED) is 0.788. The highest BCUT2D eigenvalue weighted by Gasteiger charge is 2.21. The predicted octanol–water partition coefficient (Wildman–Crippen LogP) is 1.11. The van der Waals surface area contributed by atoms with E-state index in [0.29, 0.717) is 13.1 Å². The van der Waals surface area contributed by atoms with Gasteiger partial charge >= 0.3 is 0 Å². The standard InChI is InChI=1S/C13H22N2O3S/c1-13(2,15-19(4,16)17)10-14-9-11-6-5-7-12(8-11)18-3/h5-8,14-15H,9-10H2,1-4H3. The van der Waals surface area contributed by atoms with E-state index in [4.69, 9.17) is 4.74 Å². The van der Waals surface area contributed by atoms with Crippen LogP contribution in [-0.4, -0.2) is 33.9 Å². The summed E-state index contributed by atoms with van der Waals surface area (Å²) in [5.41, 5.74) is 0.571. The number of sulfonamides is 1. The van der Waals surface area contributed by atoms with Crippen LogP contribution in [0.4, 0.5) is 0 Å². The second-order valence-corrected chi connectivity index (χ2v) is 6.96. The van der Waals surface area contributed by atoms with Crippen molar-refractivity contribution in [3.63, 3.8) is 0 Å². The molecule has 1 aromatic rings. The average molecular weight is 286 g/mol. The molecule has 0 fully saturated rings. The number of methoxy groups -OCH3 is 1. The van der Waals surface area contributed by atoms with Gasteiger partial charge in [0.25, 0.3) is 0 Å². The first kappa shape index (κ1) is 15.9. The van der Waals surface area contributed by atoms with Crippen LogP contribution in [0.2, 0.25) is 0 Å². The fourth-order valence-corrected chi connectivity index (χ4v) is 2.92. The maximum atomic E-state index is 11.2. The Morgan fingerprint density at radius 2 is 2.00 bits per heavy atom. The highest BCUT2D eigenvalue weighted by atomic mass is 32.2. The molecule has 0 aliphatic carbocycles. The van der Waals surface area contributed by atoms with Crippen molar-refractivity contribution in [2.75, 3.05) is 19.9 Å². The van der Waals surface area contributed by atoms with Gasteiger partial charge in [-0.05, 0) is 31.5 Å². The van der Waals surface area contributed by atoms with Crippen LogP contribution in [-0.2, 0) is 16.6 Å². The molecule has 6 heteroatoms. The van der Waals surface area contributed by atoms with Crippen LogP contribution in [0.3, 0.4) is 0 Å². The van der Waals surface area contributed by atoms with Gasteiger partial charge in [0.15, 0.2) is 0 Å². The molecule has 1 aromatic carbocycles. The summed E-state index contributed by atoms with van der Waals surface area (Å²) in [6.07, 6.45) is 1.16. The fraction of sp³-hybridized carbons (Fsp3) is 0.538. The zero-order valence-corrected chi connectivity index (χ0v) is 12.7. The Bertz CT molecular complexity index is 512. The summed E-state index contributed by atoms with van der Waals surface area (Å²) in [7, 11) is -1.57. The van der Waals surface area contributed by atoms with Crippen LogP contribution in [0.25, 0.3) is 0 Å². The maximum Gasteiger partial charge on any atom is 0.209 e. The number of hydrogen-bond donors (Lipinski definition) is 2. The Hall–Kier alpha value is -1.11. The van der Waals surface area contributed by atoms with Gasteiger partial charge in [0.1, 0.15) is 5.75 Å². The highest BCUT2D eigenvalue weighted by molar-refractivity contribution is 7.88. The first-order valence-corrected chi connectivity index (χ1v) is 7.94. The second kappa shape index (κ2) is 6.36. The van der Waals surface area contributed by atoms with Gasteiger partial charge in [-0.3, -0.25) is 0 Å². The van der Waals surface area contributed by atoms with Crippen molar-refractivity contribution in [2.24, 2.45) is 0 Å². The van der Waals surface area contributed by atoms with Gasteiger partial charge < -0.3 is 10.1 Å². The molecule has 0 atom stereocenters. The lowest BCUT2D eigenvalue weighted by Crippen LogP contribution is -2.49. The lowest BCUT2D eigenvalue weighted by Gasteiger charge is -2.25. The van der Waals surface area contributed by atoms with Crippen LogP contribution in [0.5, 0.6) is 5.75 Å². The number of benzene rings is 1. The van der Waals surface area contributed by atoms with Gasteiger partial charge in [-0.1, -0.05) is 12.1 Å². The molecule has 0 aromatic heterocycles. The zero-order chi connectivity index (χ0) is 14.5. The first-order chi connectivity index (χ1) is 8.72. The molecule has 0 bridgehead atoms. The Labute approximate surface area is 115 Å². The maximum absolute atomic E-state index is 11.2. The van der Waals surface area contributed by atoms with Gasteiger partial charge in [-0.25, -0.2) is 13.1 Å². The molecule has 0 saturated carbocycles. The van der Waals surface area contributed by atoms with Crippen LogP contribution in [0.1, 0.15) is 19.4 Å². The van der Waals surface area contributed by atoms with E-state index in [1.165, 1.54) is 0 Å². The lowest BCUT2D eigenvalue weighted by molar-refractivity contribution is 0.411. The average Bonchev–Trinajstić information content (AvgIpc) is 2.25. The smallest absolute Gasteiger partial charge is 0.209 e. The van der Waals surface area contributed by atoms with Crippen molar-refractivity contribution in [1.82, 2.24) is 10.0 Å². The minimum absolute atomic E-state index is 0.521. The minimum atomic E-state index is -3.20. The van der Waals surface area contributed by atoms with Gasteiger partial charge in [-0.15, -0.1) is 0 Å². The molecule has 0 saturated heterocycles. The minimum Gasteiger partial charge on any atom is -0.497 e. The molecular formula is C13H22N2O3S. The first-order valence-electron chi connectivity index (χ1n) is 6.04. The SMILES string of the molecule is COc1cccc(CNCC(C)(C)NS(C)(=O)=O)c1. The summed E-state index contributed by atoms with van der Waals surface area (Å²) in [6, 6.07) is 7.75. The van der Waals surface area contributed by atoms with E-state index in [0.717, 1.165) is 17.6 Å². The third-order valence-corrected chi connectivity index (χ3v) is 3.42. The molecule has 5 nitrogen and oxygen atoms in total. The number of rotatable bonds is 7. The summed E-state index contributed by atoms with van der Waals surface area (Å²) >= 11 is 0. The monoisotopic (exact) mass is 286 g/mol. The molecular weight excluding hydrogens is 264 g/mol. The Morgan fingerprint density at radius 3 is 2.58 bits per heavy atom. The fourth-order valence-electron chi connectivity index (χ4n) is 1.84. The van der Waals surface area contributed by atoms with E-state index in [1.807, 2.05) is 38.1 Å². The van der Waals surface area contributed by atoms with E-state index in [2.05, 4.69) is 10.0 Å². The molecule has 0 amide bonds. The molecule has 2 N–H and O–H groups in total. The summed E-state index contributed by atoms with van der Waals surface area (Å²) in [4.78, 5) is 0. The molecule has 0 unspecified atom stereocenters. The Balaban J connectivity index is 2.49. The van der Waals surface area contributed by atoms with Crippen LogP contribution in [0, 0.1) is 0 Å². The van der Waals surface area contributed by atoms with Gasteiger partial charge in [0.2, 0.25) is 10.0 Å². The van der Waals surface area contributed by atoms with Crippen molar-refractivity contribution >= 4 is 10.0 Å². The third-order valence-electron chi connectivity index (χ3n) is 2.49. The van der Waals surface area contributed by atoms with E-state index in [-0.39, 0.29) is 0 Å². The van der Waals surface area contributed by atoms with E-state index < -0.39 is 15.6 Å². The molecule has 0 spiro atoms. The van der Waals surface area contributed by atoms with Gasteiger partial charge in [-0.2, -0.15) is 0 Å². The molecule has 19 heavy (non-hydrogen) atoms. The topological polar surface area (TPSA) is 67.4 Å². The van der Waals surface area contributed by atoms with Crippen LogP contribution < -0.4 is 14.8 Å². The molecule has 0 aliphatic rings. The molecule has 0 radical (unpaired) electrons. The van der Waals surface area contributed by atoms with E-state index >= 15 is 0 Å². The van der Waals surface area contributed by atoms with Crippen molar-refractivity contribution in [3.8, 4) is 5.75 Å². The third kappa shape index (κ3) is 6.56. The van der Waals surface area contributed by atoms with Crippen molar-refractivity contribution < 1.29 is 13.2 Å². The summed E-state index contributed by atoms with van der Waals surface area (Å²) in [5.74, 6) is 0.813. The Kier molecular flexibility index (Phi) is 5.34. The Morgan fingerprint density at radius 1 is 1.32 bits per heavy atom. The molecule has 0 aliphatic heterocycles. The summed E-state index contributed by atoms with van der Waals surface area (Å²) < 4.78 is 30.2. The van der Waals surface area contributed by atoms with Crippen LogP contribution in [0.15, 0.2) is 24.3 Å². The normalized spacial score (nSPS) is 12.4. The number of ether oxygens (including phenoxy) is 1. The molecule has 108 valence electrons. The van der Waals surface area contributed by atoms with Crippen molar-refractivity contribution in [1.29, 1.82) is 0 Å². The number of nitrogens with one attached hydrogen (secondary N) is 2. The largest absolute Gasteiger partial charge is 0.497 e. The highest BCUT2D eigenvalue weighted by Crippen LogP contribution is 2.12. The van der Waals surface area contributed by atoms with E-state index in [1.54, 1.807) is 7.11 Å². The van der Waals surface area contributed by atoms with Gasteiger partial charge in [0, 0.05) is 18.6 Å². The second-order valence-electron chi connectivity index (χ2n) is 5.21. The summed E-state index contributed by atoms with van der Waals surface area (Å²) in [5, 5.41) is 3.23. The van der Waals surface area contributed by atoms with Crippen molar-refractivity contribution in [2.45, 2.75) is 25.9 Å². The predicted molar refractivity (Wildman–Crippen MR) is 76.8 cm³/mol. The van der Waals surface area contributed by atoms with Crippen molar-refractivity contribution in [3.05, 3.63) is 29.8 Å². The van der Waals surface area contributed by atoms with Crippen LogP contribution >= 0.6 is 0 Å².